The minimum absolute atomic E-state index is 0.0404. The molecule has 2 aromatic carbocycles. The molecule has 7 heteroatoms. The summed E-state index contributed by atoms with van der Waals surface area (Å²) in [6.07, 6.45) is 1.79. The van der Waals surface area contributed by atoms with Crippen LogP contribution in [0, 0.1) is 12.8 Å². The van der Waals surface area contributed by atoms with Gasteiger partial charge in [0.25, 0.3) is 0 Å². The molecule has 0 saturated carbocycles. The fourth-order valence-electron chi connectivity index (χ4n) is 4.01. The largest absolute Gasteiger partial charge is 0.363 e. The zero-order valence-corrected chi connectivity index (χ0v) is 19.3. The van der Waals surface area contributed by atoms with Crippen LogP contribution in [0.15, 0.2) is 42.5 Å². The SMILES string of the molecule is Cc1ccc2c(N[C@@H](C)c3ccc(NC(=O)C4CCNCC4)cc3)nc(N(C)C)nc2c1. The van der Waals surface area contributed by atoms with Crippen molar-refractivity contribution in [3.05, 3.63) is 53.6 Å². The number of hydrogen-bond donors (Lipinski definition) is 3. The van der Waals surface area contributed by atoms with Gasteiger partial charge in [0.05, 0.1) is 5.52 Å². The van der Waals surface area contributed by atoms with Crippen molar-refractivity contribution >= 4 is 34.3 Å². The van der Waals surface area contributed by atoms with Crippen molar-refractivity contribution in [2.45, 2.75) is 32.7 Å². The van der Waals surface area contributed by atoms with E-state index < -0.39 is 0 Å². The molecule has 4 rings (SSSR count). The summed E-state index contributed by atoms with van der Waals surface area (Å²) in [5.74, 6) is 1.70. The second kappa shape index (κ2) is 9.53. The number of fused-ring (bicyclic) bond motifs is 1. The first kappa shape index (κ1) is 22.0. The monoisotopic (exact) mass is 432 g/mol. The minimum Gasteiger partial charge on any atom is -0.363 e. The Hall–Kier alpha value is -3.19. The maximum atomic E-state index is 12.5. The molecular weight excluding hydrogens is 400 g/mol. The molecule has 32 heavy (non-hydrogen) atoms. The third-order valence-corrected chi connectivity index (χ3v) is 5.98. The first-order chi connectivity index (χ1) is 15.4. The van der Waals surface area contributed by atoms with Gasteiger partial charge in [-0.25, -0.2) is 4.98 Å². The van der Waals surface area contributed by atoms with Gasteiger partial charge < -0.3 is 20.9 Å². The summed E-state index contributed by atoms with van der Waals surface area (Å²) in [4.78, 5) is 23.8. The van der Waals surface area contributed by atoms with Crippen LogP contribution in [0.1, 0.15) is 36.9 Å². The molecule has 1 fully saturated rings. The van der Waals surface area contributed by atoms with Crippen molar-refractivity contribution in [3.63, 3.8) is 0 Å². The Balaban J connectivity index is 1.49. The summed E-state index contributed by atoms with van der Waals surface area (Å²) in [5, 5.41) is 10.9. The summed E-state index contributed by atoms with van der Waals surface area (Å²) in [6.45, 7) is 6.00. The second-order valence-corrected chi connectivity index (χ2v) is 8.79. The molecule has 168 valence electrons. The highest BCUT2D eigenvalue weighted by atomic mass is 16.1. The number of hydrogen-bond acceptors (Lipinski definition) is 6. The highest BCUT2D eigenvalue weighted by molar-refractivity contribution is 5.93. The normalized spacial score (nSPS) is 15.4. The first-order valence-electron chi connectivity index (χ1n) is 11.2. The lowest BCUT2D eigenvalue weighted by atomic mass is 9.97. The lowest BCUT2D eigenvalue weighted by molar-refractivity contribution is -0.120. The van der Waals surface area contributed by atoms with Crippen molar-refractivity contribution in [1.82, 2.24) is 15.3 Å². The molecule has 0 unspecified atom stereocenters. The fourth-order valence-corrected chi connectivity index (χ4v) is 4.01. The van der Waals surface area contributed by atoms with Crippen molar-refractivity contribution in [1.29, 1.82) is 0 Å². The number of piperidine rings is 1. The van der Waals surface area contributed by atoms with Gasteiger partial charge in [0.1, 0.15) is 5.82 Å². The zero-order valence-electron chi connectivity index (χ0n) is 19.3. The molecule has 1 aliphatic rings. The number of benzene rings is 2. The van der Waals surface area contributed by atoms with E-state index in [-0.39, 0.29) is 17.9 Å². The molecule has 0 bridgehead atoms. The summed E-state index contributed by atoms with van der Waals surface area (Å²) < 4.78 is 0. The van der Waals surface area contributed by atoms with Gasteiger partial charge in [-0.15, -0.1) is 0 Å². The van der Waals surface area contributed by atoms with Crippen LogP contribution in [0.5, 0.6) is 0 Å². The van der Waals surface area contributed by atoms with E-state index in [2.05, 4.69) is 65.1 Å². The molecular formula is C25H32N6O. The number of nitrogens with zero attached hydrogens (tertiary/aromatic N) is 3. The van der Waals surface area contributed by atoms with Gasteiger partial charge in [0.15, 0.2) is 0 Å². The topological polar surface area (TPSA) is 82.2 Å². The number of amides is 1. The molecule has 1 aliphatic heterocycles. The van der Waals surface area contributed by atoms with Gasteiger partial charge >= 0.3 is 0 Å². The van der Waals surface area contributed by atoms with Gasteiger partial charge in [-0.3, -0.25) is 4.79 Å². The van der Waals surface area contributed by atoms with Gasteiger partial charge in [-0.2, -0.15) is 4.98 Å². The summed E-state index contributed by atoms with van der Waals surface area (Å²) in [6, 6.07) is 14.3. The number of carbonyl (C=O) groups excluding carboxylic acids is 1. The van der Waals surface area contributed by atoms with Crippen molar-refractivity contribution < 1.29 is 4.79 Å². The van der Waals surface area contributed by atoms with Crippen molar-refractivity contribution in [2.75, 3.05) is 42.7 Å². The van der Waals surface area contributed by atoms with E-state index in [1.165, 1.54) is 5.56 Å². The van der Waals surface area contributed by atoms with E-state index in [0.717, 1.165) is 53.9 Å². The van der Waals surface area contributed by atoms with Crippen LogP contribution >= 0.6 is 0 Å². The maximum Gasteiger partial charge on any atom is 0.227 e. The highest BCUT2D eigenvalue weighted by Crippen LogP contribution is 2.28. The Kier molecular flexibility index (Phi) is 6.55. The number of anilines is 3. The van der Waals surface area contributed by atoms with Crippen LogP contribution in [-0.2, 0) is 4.79 Å². The molecule has 3 N–H and O–H groups in total. The molecule has 1 aromatic heterocycles. The molecule has 1 atom stereocenters. The van der Waals surface area contributed by atoms with Crippen molar-refractivity contribution in [3.8, 4) is 0 Å². The molecule has 0 radical (unpaired) electrons. The molecule has 7 nitrogen and oxygen atoms in total. The van der Waals surface area contributed by atoms with Gasteiger partial charge in [0, 0.05) is 37.1 Å². The second-order valence-electron chi connectivity index (χ2n) is 8.79. The fraction of sp³-hybridized carbons (Fsp3) is 0.400. The van der Waals surface area contributed by atoms with E-state index in [1.807, 2.05) is 31.1 Å². The average Bonchev–Trinajstić information content (AvgIpc) is 2.79. The average molecular weight is 433 g/mol. The van der Waals surface area contributed by atoms with Crippen LogP contribution in [0.4, 0.5) is 17.5 Å². The number of aryl methyl sites for hydroxylation is 1. The first-order valence-corrected chi connectivity index (χ1v) is 11.2. The predicted molar refractivity (Wildman–Crippen MR) is 131 cm³/mol. The van der Waals surface area contributed by atoms with Crippen LogP contribution < -0.4 is 20.9 Å². The van der Waals surface area contributed by atoms with Gasteiger partial charge in [-0.05, 0) is 75.2 Å². The molecule has 3 aromatic rings. The zero-order chi connectivity index (χ0) is 22.7. The van der Waals surface area contributed by atoms with Crippen LogP contribution in [0.3, 0.4) is 0 Å². The predicted octanol–water partition coefficient (Wildman–Crippen LogP) is 4.12. The lowest BCUT2D eigenvalue weighted by Crippen LogP contribution is -2.34. The number of rotatable bonds is 6. The van der Waals surface area contributed by atoms with Crippen LogP contribution in [0.25, 0.3) is 10.9 Å². The van der Waals surface area contributed by atoms with Gasteiger partial charge in [0.2, 0.25) is 11.9 Å². The highest BCUT2D eigenvalue weighted by Gasteiger charge is 2.21. The summed E-state index contributed by atoms with van der Waals surface area (Å²) >= 11 is 0. The number of carbonyl (C=O) groups is 1. The standard InChI is InChI=1S/C25H32N6O/c1-16-5-10-21-22(15-16)29-25(31(3)4)30-23(21)27-17(2)18-6-8-20(9-7-18)28-24(32)19-11-13-26-14-12-19/h5-10,15,17,19,26H,11-14H2,1-4H3,(H,28,32)(H,27,29,30)/t17-/m0/s1. The minimum atomic E-state index is 0.0404. The van der Waals surface area contributed by atoms with E-state index in [9.17, 15) is 4.79 Å². The van der Waals surface area contributed by atoms with E-state index in [0.29, 0.717) is 5.95 Å². The Labute approximate surface area is 189 Å². The van der Waals surface area contributed by atoms with E-state index in [4.69, 9.17) is 4.98 Å². The quantitative estimate of drug-likeness (QED) is 0.544. The molecule has 0 aliphatic carbocycles. The van der Waals surface area contributed by atoms with Crippen molar-refractivity contribution in [2.24, 2.45) is 5.92 Å². The third kappa shape index (κ3) is 4.99. The Morgan fingerprint density at radius 3 is 2.50 bits per heavy atom. The maximum absolute atomic E-state index is 12.5. The molecule has 1 amide bonds. The smallest absolute Gasteiger partial charge is 0.227 e. The molecule has 1 saturated heterocycles. The molecule has 2 heterocycles. The van der Waals surface area contributed by atoms with E-state index in [1.54, 1.807) is 0 Å². The number of aromatic nitrogens is 2. The van der Waals surface area contributed by atoms with Gasteiger partial charge in [-0.1, -0.05) is 18.2 Å². The van der Waals surface area contributed by atoms with Crippen LogP contribution in [-0.4, -0.2) is 43.1 Å². The van der Waals surface area contributed by atoms with Crippen LogP contribution in [0.2, 0.25) is 0 Å². The molecule has 0 spiro atoms. The summed E-state index contributed by atoms with van der Waals surface area (Å²) in [7, 11) is 3.89. The lowest BCUT2D eigenvalue weighted by Gasteiger charge is -2.22. The Morgan fingerprint density at radius 1 is 1.09 bits per heavy atom. The summed E-state index contributed by atoms with van der Waals surface area (Å²) in [5.41, 5.74) is 4.05. The Bertz CT molecular complexity index is 1090. The third-order valence-electron chi connectivity index (χ3n) is 5.98. The van der Waals surface area contributed by atoms with E-state index >= 15 is 0 Å². The Morgan fingerprint density at radius 2 is 1.81 bits per heavy atom. The number of nitrogens with one attached hydrogen (secondary N) is 3.